The summed E-state index contributed by atoms with van der Waals surface area (Å²) in [6, 6.07) is 1.59. The Labute approximate surface area is 104 Å². The van der Waals surface area contributed by atoms with E-state index in [1.807, 2.05) is 0 Å². The maximum atomic E-state index is 11.6. The minimum absolute atomic E-state index is 0.103. The Morgan fingerprint density at radius 3 is 2.76 bits per heavy atom. The second-order valence-corrected chi connectivity index (χ2v) is 4.23. The molecule has 0 saturated heterocycles. The molecular weight excluding hydrogens is 290 g/mol. The molecule has 0 atom stereocenters. The zero-order chi connectivity index (χ0) is 12.6. The first-order valence-corrected chi connectivity index (χ1v) is 5.46. The van der Waals surface area contributed by atoms with Gasteiger partial charge in [-0.1, -0.05) is 0 Å². The number of pyridine rings is 1. The highest BCUT2D eigenvalue weighted by molar-refractivity contribution is 9.10. The van der Waals surface area contributed by atoms with Crippen molar-refractivity contribution in [1.82, 2.24) is 14.7 Å². The van der Waals surface area contributed by atoms with Crippen molar-refractivity contribution in [2.24, 2.45) is 0 Å². The van der Waals surface area contributed by atoms with Crippen molar-refractivity contribution in [2.45, 2.75) is 0 Å². The number of imidazole rings is 1. The molecule has 0 aromatic carbocycles. The number of nitrogens with one attached hydrogen (secondary N) is 1. The van der Waals surface area contributed by atoms with E-state index in [1.54, 1.807) is 12.3 Å². The number of aromatic carboxylic acids is 1. The van der Waals surface area contributed by atoms with Crippen LogP contribution in [0, 0.1) is 0 Å². The van der Waals surface area contributed by atoms with Crippen molar-refractivity contribution < 1.29 is 14.7 Å². The standard InChI is InChI=1S/C10H8BrN3O3/c1-12-9(15)6-2-5(11)3-14-4-7(10(16)17)13-8(6)14/h2-4H,1H3,(H,12,15)(H,16,17). The third-order valence-corrected chi connectivity index (χ3v) is 2.64. The fourth-order valence-corrected chi connectivity index (χ4v) is 1.92. The summed E-state index contributed by atoms with van der Waals surface area (Å²) in [7, 11) is 1.50. The van der Waals surface area contributed by atoms with Gasteiger partial charge in [-0.15, -0.1) is 0 Å². The SMILES string of the molecule is CNC(=O)c1cc(Br)cn2cc(C(=O)O)nc12. The summed E-state index contributed by atoms with van der Waals surface area (Å²) in [6.45, 7) is 0. The number of carbonyl (C=O) groups is 2. The van der Waals surface area contributed by atoms with Gasteiger partial charge in [-0.3, -0.25) is 4.79 Å². The van der Waals surface area contributed by atoms with Gasteiger partial charge in [0.1, 0.15) is 0 Å². The molecule has 0 aliphatic rings. The zero-order valence-corrected chi connectivity index (χ0v) is 10.4. The Morgan fingerprint density at radius 1 is 1.47 bits per heavy atom. The number of amides is 1. The van der Waals surface area contributed by atoms with Crippen LogP contribution in [0.2, 0.25) is 0 Å². The van der Waals surface area contributed by atoms with Gasteiger partial charge >= 0.3 is 5.97 Å². The number of carbonyl (C=O) groups excluding carboxylic acids is 1. The summed E-state index contributed by atoms with van der Waals surface area (Å²) < 4.78 is 2.16. The van der Waals surface area contributed by atoms with Crippen LogP contribution in [0.25, 0.3) is 5.65 Å². The highest BCUT2D eigenvalue weighted by Gasteiger charge is 2.15. The van der Waals surface area contributed by atoms with Gasteiger partial charge in [0, 0.05) is 23.9 Å². The van der Waals surface area contributed by atoms with Crippen LogP contribution < -0.4 is 5.32 Å². The number of aromatic nitrogens is 2. The predicted molar refractivity (Wildman–Crippen MR) is 63.2 cm³/mol. The van der Waals surface area contributed by atoms with E-state index in [4.69, 9.17) is 5.11 Å². The van der Waals surface area contributed by atoms with E-state index >= 15 is 0 Å². The third kappa shape index (κ3) is 2.01. The summed E-state index contributed by atoms with van der Waals surface area (Å²) in [5.41, 5.74) is 0.521. The minimum Gasteiger partial charge on any atom is -0.476 e. The average molecular weight is 298 g/mol. The van der Waals surface area contributed by atoms with E-state index in [2.05, 4.69) is 26.2 Å². The molecule has 2 N–H and O–H groups in total. The van der Waals surface area contributed by atoms with E-state index in [-0.39, 0.29) is 11.6 Å². The average Bonchev–Trinajstić information content (AvgIpc) is 2.70. The maximum Gasteiger partial charge on any atom is 0.356 e. The van der Waals surface area contributed by atoms with Gasteiger partial charge in [-0.05, 0) is 22.0 Å². The number of hydrogen-bond donors (Lipinski definition) is 2. The number of fused-ring (bicyclic) bond motifs is 1. The van der Waals surface area contributed by atoms with Crippen molar-refractivity contribution in [3.63, 3.8) is 0 Å². The highest BCUT2D eigenvalue weighted by Crippen LogP contribution is 2.18. The van der Waals surface area contributed by atoms with Gasteiger partial charge in [-0.25, -0.2) is 9.78 Å². The normalized spacial score (nSPS) is 10.5. The Balaban J connectivity index is 2.74. The van der Waals surface area contributed by atoms with Crippen molar-refractivity contribution in [3.8, 4) is 0 Å². The molecule has 2 rings (SSSR count). The van der Waals surface area contributed by atoms with Crippen LogP contribution in [0.3, 0.4) is 0 Å². The van der Waals surface area contributed by atoms with Gasteiger partial charge in [0.2, 0.25) is 0 Å². The van der Waals surface area contributed by atoms with Crippen LogP contribution in [0.1, 0.15) is 20.8 Å². The summed E-state index contributed by atoms with van der Waals surface area (Å²) >= 11 is 3.25. The fourth-order valence-electron chi connectivity index (χ4n) is 1.47. The molecule has 0 bridgehead atoms. The molecule has 0 radical (unpaired) electrons. The first-order chi connectivity index (χ1) is 8.02. The molecule has 0 aliphatic heterocycles. The molecular formula is C10H8BrN3O3. The molecule has 6 nitrogen and oxygen atoms in total. The van der Waals surface area contributed by atoms with Crippen LogP contribution >= 0.6 is 15.9 Å². The molecule has 0 fully saturated rings. The van der Waals surface area contributed by atoms with E-state index in [1.165, 1.54) is 17.6 Å². The van der Waals surface area contributed by atoms with Crippen LogP contribution in [0.15, 0.2) is 22.9 Å². The molecule has 0 unspecified atom stereocenters. The first kappa shape index (κ1) is 11.6. The van der Waals surface area contributed by atoms with Crippen LogP contribution in [-0.4, -0.2) is 33.4 Å². The third-order valence-electron chi connectivity index (χ3n) is 2.21. The summed E-state index contributed by atoms with van der Waals surface area (Å²) in [4.78, 5) is 26.3. The molecule has 0 spiro atoms. The maximum absolute atomic E-state index is 11.6. The molecule has 0 saturated carbocycles. The Hall–Kier alpha value is -1.89. The highest BCUT2D eigenvalue weighted by atomic mass is 79.9. The van der Waals surface area contributed by atoms with E-state index in [0.717, 1.165) is 0 Å². The van der Waals surface area contributed by atoms with E-state index in [9.17, 15) is 9.59 Å². The molecule has 88 valence electrons. The smallest absolute Gasteiger partial charge is 0.356 e. The molecule has 1 amide bonds. The van der Waals surface area contributed by atoms with Gasteiger partial charge in [-0.2, -0.15) is 0 Å². The zero-order valence-electron chi connectivity index (χ0n) is 8.77. The molecule has 0 aliphatic carbocycles. The quantitative estimate of drug-likeness (QED) is 0.871. The first-order valence-electron chi connectivity index (χ1n) is 4.66. The molecule has 17 heavy (non-hydrogen) atoms. The Kier molecular flexibility index (Phi) is 2.84. The number of rotatable bonds is 2. The monoisotopic (exact) mass is 297 g/mol. The molecule has 2 aromatic rings. The van der Waals surface area contributed by atoms with E-state index < -0.39 is 5.97 Å². The number of nitrogens with zero attached hydrogens (tertiary/aromatic N) is 2. The Morgan fingerprint density at radius 2 is 2.18 bits per heavy atom. The second-order valence-electron chi connectivity index (χ2n) is 3.31. The summed E-state index contributed by atoms with van der Waals surface area (Å²) in [5, 5.41) is 11.3. The van der Waals surface area contributed by atoms with Crippen LogP contribution in [0.4, 0.5) is 0 Å². The van der Waals surface area contributed by atoms with Gasteiger partial charge < -0.3 is 14.8 Å². The lowest BCUT2D eigenvalue weighted by Crippen LogP contribution is -2.18. The number of hydrogen-bond acceptors (Lipinski definition) is 3. The molecule has 7 heteroatoms. The van der Waals surface area contributed by atoms with E-state index in [0.29, 0.717) is 15.7 Å². The van der Waals surface area contributed by atoms with Crippen molar-refractivity contribution in [2.75, 3.05) is 7.05 Å². The lowest BCUT2D eigenvalue weighted by molar-refractivity contribution is 0.0691. The van der Waals surface area contributed by atoms with Crippen molar-refractivity contribution in [1.29, 1.82) is 0 Å². The number of halogens is 1. The van der Waals surface area contributed by atoms with Gasteiger partial charge in [0.15, 0.2) is 11.3 Å². The topological polar surface area (TPSA) is 83.7 Å². The number of carboxylic acids is 1. The van der Waals surface area contributed by atoms with Crippen LogP contribution in [0.5, 0.6) is 0 Å². The second kappa shape index (κ2) is 4.17. The fraction of sp³-hybridized carbons (Fsp3) is 0.100. The lowest BCUT2D eigenvalue weighted by Gasteiger charge is -2.02. The molecule has 2 aromatic heterocycles. The van der Waals surface area contributed by atoms with Gasteiger partial charge in [0.05, 0.1) is 5.56 Å². The minimum atomic E-state index is -1.13. The van der Waals surface area contributed by atoms with Crippen molar-refractivity contribution in [3.05, 3.63) is 34.2 Å². The Bertz CT molecular complexity index is 621. The lowest BCUT2D eigenvalue weighted by atomic mass is 10.2. The predicted octanol–water partition coefficient (Wildman–Crippen LogP) is 1.15. The number of carboxylic acid groups (broad SMARTS) is 1. The molecule has 2 heterocycles. The largest absolute Gasteiger partial charge is 0.476 e. The summed E-state index contributed by atoms with van der Waals surface area (Å²) in [5.74, 6) is -1.45. The van der Waals surface area contributed by atoms with Gasteiger partial charge in [0.25, 0.3) is 5.91 Å². The van der Waals surface area contributed by atoms with Crippen molar-refractivity contribution >= 4 is 33.5 Å². The van der Waals surface area contributed by atoms with Crippen LogP contribution in [-0.2, 0) is 0 Å². The summed E-state index contributed by atoms with van der Waals surface area (Å²) in [6.07, 6.45) is 3.00.